The number of nitrogen functional groups attached to an aromatic ring is 1. The molecule has 0 unspecified atom stereocenters. The lowest BCUT2D eigenvalue weighted by atomic mass is 9.87. The summed E-state index contributed by atoms with van der Waals surface area (Å²) in [7, 11) is 0. The van der Waals surface area contributed by atoms with Crippen LogP contribution >= 0.6 is 11.3 Å². The van der Waals surface area contributed by atoms with Crippen LogP contribution in [0.25, 0.3) is 22.2 Å². The number of fused-ring (bicyclic) bond motifs is 1. The zero-order chi connectivity index (χ0) is 23.8. The van der Waals surface area contributed by atoms with Crippen LogP contribution in [-0.2, 0) is 6.54 Å². The molecule has 1 aromatic carbocycles. The Labute approximate surface area is 206 Å². The number of pyridine rings is 1. The molecule has 0 radical (unpaired) electrons. The van der Waals surface area contributed by atoms with E-state index in [0.717, 1.165) is 30.9 Å². The van der Waals surface area contributed by atoms with E-state index in [1.807, 2.05) is 12.3 Å². The number of piperidine rings is 1. The van der Waals surface area contributed by atoms with Crippen LogP contribution in [0.15, 0.2) is 41.9 Å². The number of anilines is 1. The van der Waals surface area contributed by atoms with Gasteiger partial charge >= 0.3 is 0 Å². The maximum atomic E-state index is 5.82. The van der Waals surface area contributed by atoms with Crippen LogP contribution < -0.4 is 5.73 Å². The molecule has 5 nitrogen and oxygen atoms in total. The Morgan fingerprint density at radius 1 is 1.09 bits per heavy atom. The Bertz CT molecular complexity index is 1260. The summed E-state index contributed by atoms with van der Waals surface area (Å²) in [4.78, 5) is 15.4. The maximum absolute atomic E-state index is 5.82. The Hall–Kier alpha value is -2.70. The summed E-state index contributed by atoms with van der Waals surface area (Å²) in [5.41, 5.74) is 13.3. The lowest BCUT2D eigenvalue weighted by molar-refractivity contribution is 0.203. The summed E-state index contributed by atoms with van der Waals surface area (Å²) < 4.78 is 0. The van der Waals surface area contributed by atoms with Crippen LogP contribution in [0.1, 0.15) is 80.1 Å². The Balaban J connectivity index is 1.34. The van der Waals surface area contributed by atoms with Gasteiger partial charge in [-0.1, -0.05) is 33.8 Å². The van der Waals surface area contributed by atoms with Gasteiger partial charge in [0, 0.05) is 40.5 Å². The van der Waals surface area contributed by atoms with E-state index < -0.39 is 0 Å². The van der Waals surface area contributed by atoms with Crippen molar-refractivity contribution in [1.29, 1.82) is 0 Å². The van der Waals surface area contributed by atoms with Crippen LogP contribution in [0.5, 0.6) is 0 Å². The standard InChI is InChI=1S/C28H35N5S/c1-17(2)26-23-13-20(5-7-24(23)32-27(26)21-6-8-25(29)30-14-21)19-9-11-33(12-10-19)15-22-16-34-28(31-22)18(3)4/h5-8,13-14,16-19,32H,9-12,15H2,1-4H3,(H2,29,30). The summed E-state index contributed by atoms with van der Waals surface area (Å²) >= 11 is 1.80. The van der Waals surface area contributed by atoms with Gasteiger partial charge in [-0.25, -0.2) is 9.97 Å². The average molecular weight is 474 g/mol. The quantitative estimate of drug-likeness (QED) is 0.320. The number of nitrogens with two attached hydrogens (primary N) is 1. The van der Waals surface area contributed by atoms with Crippen molar-refractivity contribution in [2.45, 2.75) is 64.8 Å². The fourth-order valence-electron chi connectivity index (χ4n) is 5.18. The van der Waals surface area contributed by atoms with E-state index in [0.29, 0.717) is 23.6 Å². The van der Waals surface area contributed by atoms with Gasteiger partial charge < -0.3 is 10.7 Å². The SMILES string of the molecule is CC(C)c1nc(CN2CCC(c3ccc4[nH]c(-c5ccc(N)nc5)c(C(C)C)c4c3)CC2)cs1. The van der Waals surface area contributed by atoms with Crippen molar-refractivity contribution in [2.24, 2.45) is 0 Å². The van der Waals surface area contributed by atoms with Crippen LogP contribution in [0.3, 0.4) is 0 Å². The van der Waals surface area contributed by atoms with Crippen molar-refractivity contribution >= 4 is 28.1 Å². The highest BCUT2D eigenvalue weighted by molar-refractivity contribution is 7.09. The normalized spacial score (nSPS) is 15.7. The number of nitrogens with zero attached hydrogens (tertiary/aromatic N) is 3. The first-order valence-electron chi connectivity index (χ1n) is 12.4. The number of hydrogen-bond acceptors (Lipinski definition) is 5. The summed E-state index contributed by atoms with van der Waals surface area (Å²) in [6, 6.07) is 11.0. The largest absolute Gasteiger partial charge is 0.384 e. The highest BCUT2D eigenvalue weighted by Gasteiger charge is 2.23. The Morgan fingerprint density at radius 2 is 1.88 bits per heavy atom. The van der Waals surface area contributed by atoms with Crippen LogP contribution in [0.2, 0.25) is 0 Å². The molecule has 34 heavy (non-hydrogen) atoms. The molecular formula is C28H35N5S. The lowest BCUT2D eigenvalue weighted by Gasteiger charge is -2.31. The first kappa shape index (κ1) is 23.1. The zero-order valence-electron chi connectivity index (χ0n) is 20.6. The van der Waals surface area contributed by atoms with Gasteiger partial charge in [-0.2, -0.15) is 0 Å². The second-order valence-corrected chi connectivity index (χ2v) is 11.1. The molecule has 1 aliphatic rings. The number of aromatic amines is 1. The molecule has 0 aliphatic carbocycles. The molecule has 1 aliphatic heterocycles. The third kappa shape index (κ3) is 4.62. The fraction of sp³-hybridized carbons (Fsp3) is 0.429. The molecule has 0 amide bonds. The first-order valence-corrected chi connectivity index (χ1v) is 13.3. The average Bonchev–Trinajstić information content (AvgIpc) is 3.44. The van der Waals surface area contributed by atoms with Gasteiger partial charge in [0.05, 0.1) is 16.4 Å². The van der Waals surface area contributed by atoms with Crippen molar-refractivity contribution in [1.82, 2.24) is 19.9 Å². The predicted octanol–water partition coefficient (Wildman–Crippen LogP) is 6.90. The highest BCUT2D eigenvalue weighted by Crippen LogP contribution is 2.38. The van der Waals surface area contributed by atoms with Crippen molar-refractivity contribution in [3.05, 3.63) is 63.7 Å². The van der Waals surface area contributed by atoms with Gasteiger partial charge in [0.2, 0.25) is 0 Å². The van der Waals surface area contributed by atoms with E-state index in [1.54, 1.807) is 11.3 Å². The van der Waals surface area contributed by atoms with E-state index in [4.69, 9.17) is 10.7 Å². The van der Waals surface area contributed by atoms with Gasteiger partial charge in [0.15, 0.2) is 0 Å². The maximum Gasteiger partial charge on any atom is 0.123 e. The van der Waals surface area contributed by atoms with E-state index in [9.17, 15) is 0 Å². The van der Waals surface area contributed by atoms with Gasteiger partial charge in [-0.3, -0.25) is 4.90 Å². The number of benzene rings is 1. The Morgan fingerprint density at radius 3 is 2.53 bits per heavy atom. The smallest absolute Gasteiger partial charge is 0.123 e. The van der Waals surface area contributed by atoms with Crippen molar-refractivity contribution < 1.29 is 0 Å². The number of aromatic nitrogens is 3. The molecule has 0 saturated carbocycles. The number of hydrogen-bond donors (Lipinski definition) is 2. The van der Waals surface area contributed by atoms with Crippen LogP contribution in [0, 0.1) is 0 Å². The molecular weight excluding hydrogens is 438 g/mol. The molecule has 1 fully saturated rings. The zero-order valence-corrected chi connectivity index (χ0v) is 21.5. The molecule has 0 spiro atoms. The third-order valence-corrected chi connectivity index (χ3v) is 8.22. The molecule has 3 aromatic heterocycles. The minimum Gasteiger partial charge on any atom is -0.384 e. The number of likely N-dealkylation sites (tertiary alicyclic amines) is 1. The Kier molecular flexibility index (Phi) is 6.45. The van der Waals surface area contributed by atoms with E-state index in [1.165, 1.54) is 45.6 Å². The molecule has 1 saturated heterocycles. The van der Waals surface area contributed by atoms with Crippen molar-refractivity contribution in [3.8, 4) is 11.3 Å². The minimum atomic E-state index is 0.409. The van der Waals surface area contributed by atoms with E-state index >= 15 is 0 Å². The molecule has 6 heteroatoms. The van der Waals surface area contributed by atoms with E-state index in [-0.39, 0.29) is 0 Å². The first-order chi connectivity index (χ1) is 16.4. The molecule has 178 valence electrons. The highest BCUT2D eigenvalue weighted by atomic mass is 32.1. The van der Waals surface area contributed by atoms with Gasteiger partial charge in [0.1, 0.15) is 5.82 Å². The van der Waals surface area contributed by atoms with E-state index in [2.05, 4.69) is 72.2 Å². The number of H-pyrrole nitrogens is 1. The summed E-state index contributed by atoms with van der Waals surface area (Å²) in [5, 5.41) is 4.83. The second kappa shape index (κ2) is 9.51. The molecule has 4 aromatic rings. The summed E-state index contributed by atoms with van der Waals surface area (Å²) in [6.07, 6.45) is 4.26. The molecule has 3 N–H and O–H groups in total. The summed E-state index contributed by atoms with van der Waals surface area (Å²) in [6.45, 7) is 12.2. The molecule has 0 bridgehead atoms. The van der Waals surface area contributed by atoms with Crippen molar-refractivity contribution in [3.63, 3.8) is 0 Å². The minimum absolute atomic E-state index is 0.409. The van der Waals surface area contributed by atoms with Crippen molar-refractivity contribution in [2.75, 3.05) is 18.8 Å². The van der Waals surface area contributed by atoms with Gasteiger partial charge in [-0.15, -0.1) is 11.3 Å². The number of rotatable bonds is 6. The molecule has 0 atom stereocenters. The topological polar surface area (TPSA) is 70.8 Å². The number of nitrogens with one attached hydrogen (secondary N) is 1. The fourth-order valence-corrected chi connectivity index (χ4v) is 6.00. The summed E-state index contributed by atoms with van der Waals surface area (Å²) in [5.74, 6) is 2.08. The number of thiazole rings is 1. The van der Waals surface area contributed by atoms with Crippen LogP contribution in [-0.4, -0.2) is 32.9 Å². The molecule has 4 heterocycles. The monoisotopic (exact) mass is 473 g/mol. The van der Waals surface area contributed by atoms with Gasteiger partial charge in [-0.05, 0) is 73.2 Å². The van der Waals surface area contributed by atoms with Gasteiger partial charge in [0.25, 0.3) is 0 Å². The van der Waals surface area contributed by atoms with Crippen LogP contribution in [0.4, 0.5) is 5.82 Å². The lowest BCUT2D eigenvalue weighted by Crippen LogP contribution is -2.32. The molecule has 5 rings (SSSR count). The third-order valence-electron chi connectivity index (χ3n) is 7.02. The second-order valence-electron chi connectivity index (χ2n) is 10.2. The predicted molar refractivity (Wildman–Crippen MR) is 143 cm³/mol.